The Labute approximate surface area is 116 Å². The number of rotatable bonds is 9. The summed E-state index contributed by atoms with van der Waals surface area (Å²) in [5.41, 5.74) is 4.94. The van der Waals surface area contributed by atoms with Crippen molar-refractivity contribution < 1.29 is 24.3 Å². The molecule has 0 unspecified atom stereocenters. The van der Waals surface area contributed by atoms with Crippen molar-refractivity contribution in [2.75, 3.05) is 26.2 Å². The smallest absolute Gasteiger partial charge is 0.321 e. The quantitative estimate of drug-likeness (QED) is 0.380. The summed E-state index contributed by atoms with van der Waals surface area (Å²) in [6.07, 6.45) is 1.69. The van der Waals surface area contributed by atoms with Crippen LogP contribution in [0, 0.1) is 0 Å². The molecule has 5 N–H and O–H groups in total. The zero-order valence-electron chi connectivity index (χ0n) is 11.3. The van der Waals surface area contributed by atoms with Gasteiger partial charge in [-0.2, -0.15) is 0 Å². The van der Waals surface area contributed by atoms with Crippen molar-refractivity contribution in [3.63, 3.8) is 0 Å². The van der Waals surface area contributed by atoms with Gasteiger partial charge in [0.1, 0.15) is 0 Å². The van der Waals surface area contributed by atoms with Crippen molar-refractivity contribution in [3.05, 3.63) is 0 Å². The van der Waals surface area contributed by atoms with Gasteiger partial charge in [-0.1, -0.05) is 13.3 Å². The average Bonchev–Trinajstić information content (AvgIpc) is 2.26. The van der Waals surface area contributed by atoms with Gasteiger partial charge < -0.3 is 16.2 Å². The molecule has 0 rings (SSSR count). The minimum Gasteiger partial charge on any atom is -0.480 e. The summed E-state index contributed by atoms with van der Waals surface area (Å²) in [5.74, 6) is -2.67. The third-order valence-corrected chi connectivity index (χ3v) is 2.17. The molecule has 0 saturated heterocycles. The third-order valence-electron chi connectivity index (χ3n) is 2.17. The summed E-state index contributed by atoms with van der Waals surface area (Å²) >= 11 is 0. The van der Waals surface area contributed by atoms with Crippen LogP contribution in [0.25, 0.3) is 0 Å². The third kappa shape index (κ3) is 9.83. The minimum absolute atomic E-state index is 0.378. The maximum absolute atomic E-state index is 11.5. The molecule has 0 aliphatic rings. The van der Waals surface area contributed by atoms with Crippen LogP contribution in [-0.2, 0) is 14.4 Å². The number of carboxylic acid groups (broad SMARTS) is 1. The first-order valence-electron chi connectivity index (χ1n) is 6.15. The van der Waals surface area contributed by atoms with Gasteiger partial charge in [0.05, 0.1) is 19.6 Å². The van der Waals surface area contributed by atoms with Gasteiger partial charge in [0, 0.05) is 6.54 Å². The summed E-state index contributed by atoms with van der Waals surface area (Å²) in [6, 6.07) is -0.655. The van der Waals surface area contributed by atoms with E-state index in [0.717, 1.165) is 17.7 Å². The Morgan fingerprint density at radius 2 is 1.80 bits per heavy atom. The Hall–Kier alpha value is -2.16. The summed E-state index contributed by atoms with van der Waals surface area (Å²) in [5, 5.41) is 13.1. The molecule has 0 atom stereocenters. The summed E-state index contributed by atoms with van der Waals surface area (Å²) < 4.78 is 0. The zero-order valence-corrected chi connectivity index (χ0v) is 11.3. The molecule has 0 aliphatic carbocycles. The lowest BCUT2D eigenvalue weighted by atomic mass is 10.3. The van der Waals surface area contributed by atoms with E-state index in [9.17, 15) is 19.2 Å². The number of amides is 4. The summed E-state index contributed by atoms with van der Waals surface area (Å²) in [6.45, 7) is 1.09. The van der Waals surface area contributed by atoms with E-state index in [1.807, 2.05) is 12.2 Å². The fourth-order valence-electron chi connectivity index (χ4n) is 1.37. The van der Waals surface area contributed by atoms with Crippen LogP contribution < -0.4 is 16.4 Å². The second kappa shape index (κ2) is 9.73. The van der Waals surface area contributed by atoms with Crippen molar-refractivity contribution >= 4 is 23.8 Å². The molecule has 0 bridgehead atoms. The van der Waals surface area contributed by atoms with Crippen molar-refractivity contribution in [3.8, 4) is 0 Å². The van der Waals surface area contributed by atoms with Crippen LogP contribution in [0.4, 0.5) is 4.79 Å². The number of primary amides is 1. The Morgan fingerprint density at radius 3 is 2.30 bits per heavy atom. The minimum atomic E-state index is -1.20. The van der Waals surface area contributed by atoms with Gasteiger partial charge in [0.25, 0.3) is 0 Å². The maximum atomic E-state index is 11.5. The predicted octanol–water partition coefficient (Wildman–Crippen LogP) is -1.52. The highest BCUT2D eigenvalue weighted by Gasteiger charge is 2.17. The lowest BCUT2D eigenvalue weighted by molar-refractivity contribution is -0.139. The van der Waals surface area contributed by atoms with Gasteiger partial charge in [-0.05, 0) is 6.42 Å². The zero-order chi connectivity index (χ0) is 15.5. The SMILES string of the molecule is CCCCNC(=O)NC(=O)CN(CC(N)=O)CC(=O)O. The molecule has 0 heterocycles. The number of carbonyl (C=O) groups is 4. The van der Waals surface area contributed by atoms with Gasteiger partial charge in [-0.15, -0.1) is 0 Å². The van der Waals surface area contributed by atoms with Crippen molar-refractivity contribution in [1.29, 1.82) is 0 Å². The molecule has 20 heavy (non-hydrogen) atoms. The van der Waals surface area contributed by atoms with E-state index in [1.165, 1.54) is 0 Å². The van der Waals surface area contributed by atoms with Crippen LogP contribution in [0.3, 0.4) is 0 Å². The van der Waals surface area contributed by atoms with Gasteiger partial charge in [0.15, 0.2) is 0 Å². The van der Waals surface area contributed by atoms with Crippen LogP contribution in [0.1, 0.15) is 19.8 Å². The van der Waals surface area contributed by atoms with Crippen LogP contribution >= 0.6 is 0 Å². The second-order valence-corrected chi connectivity index (χ2v) is 4.16. The number of carboxylic acids is 1. The van der Waals surface area contributed by atoms with Crippen LogP contribution in [0.5, 0.6) is 0 Å². The van der Waals surface area contributed by atoms with Gasteiger partial charge >= 0.3 is 12.0 Å². The first-order chi connectivity index (χ1) is 9.35. The lowest BCUT2D eigenvalue weighted by Crippen LogP contribution is -2.47. The van der Waals surface area contributed by atoms with Crippen molar-refractivity contribution in [1.82, 2.24) is 15.5 Å². The van der Waals surface area contributed by atoms with E-state index in [0.29, 0.717) is 6.54 Å². The molecule has 0 radical (unpaired) electrons. The molecule has 9 heteroatoms. The predicted molar refractivity (Wildman–Crippen MR) is 69.7 cm³/mol. The number of nitrogens with one attached hydrogen (secondary N) is 2. The standard InChI is InChI=1S/C11H20N4O5/c1-2-3-4-13-11(20)14-9(17)6-15(5-8(12)16)7-10(18)19/h2-7H2,1H3,(H2,12,16)(H,18,19)(H2,13,14,17,20). The normalized spacial score (nSPS) is 10.1. The average molecular weight is 288 g/mol. The monoisotopic (exact) mass is 288 g/mol. The van der Waals surface area contributed by atoms with Crippen LogP contribution in [-0.4, -0.2) is 60.0 Å². The van der Waals surface area contributed by atoms with E-state index < -0.39 is 36.9 Å². The second-order valence-electron chi connectivity index (χ2n) is 4.16. The Kier molecular flexibility index (Phi) is 8.68. The first kappa shape index (κ1) is 17.8. The molecule has 0 aromatic rings. The van der Waals surface area contributed by atoms with Crippen molar-refractivity contribution in [2.45, 2.75) is 19.8 Å². The van der Waals surface area contributed by atoms with E-state index in [-0.39, 0.29) is 6.54 Å². The number of hydrogen-bond acceptors (Lipinski definition) is 5. The summed E-state index contributed by atoms with van der Waals surface area (Å²) in [4.78, 5) is 45.1. The van der Waals surface area contributed by atoms with Crippen molar-refractivity contribution in [2.24, 2.45) is 5.73 Å². The summed E-state index contributed by atoms with van der Waals surface area (Å²) in [7, 11) is 0. The highest BCUT2D eigenvalue weighted by Crippen LogP contribution is 1.88. The van der Waals surface area contributed by atoms with E-state index in [2.05, 4.69) is 5.32 Å². The highest BCUT2D eigenvalue weighted by molar-refractivity contribution is 5.95. The van der Waals surface area contributed by atoms with E-state index in [4.69, 9.17) is 10.8 Å². The highest BCUT2D eigenvalue weighted by atomic mass is 16.4. The molecule has 114 valence electrons. The number of imide groups is 1. The molecular formula is C11H20N4O5. The Bertz CT molecular complexity index is 356. The number of carbonyl (C=O) groups excluding carboxylic acids is 3. The molecule has 0 aromatic heterocycles. The number of hydrogen-bond donors (Lipinski definition) is 4. The fraction of sp³-hybridized carbons (Fsp3) is 0.636. The van der Waals surface area contributed by atoms with Gasteiger partial charge in [-0.3, -0.25) is 24.6 Å². The Morgan fingerprint density at radius 1 is 1.15 bits per heavy atom. The largest absolute Gasteiger partial charge is 0.480 e. The molecule has 0 aromatic carbocycles. The van der Waals surface area contributed by atoms with Gasteiger partial charge in [0.2, 0.25) is 11.8 Å². The molecule has 0 fully saturated rings. The molecule has 0 aliphatic heterocycles. The topological polar surface area (TPSA) is 142 Å². The van der Waals surface area contributed by atoms with Crippen LogP contribution in [0.2, 0.25) is 0 Å². The molecular weight excluding hydrogens is 268 g/mol. The van der Waals surface area contributed by atoms with E-state index >= 15 is 0 Å². The number of urea groups is 1. The maximum Gasteiger partial charge on any atom is 0.321 e. The van der Waals surface area contributed by atoms with Gasteiger partial charge in [-0.25, -0.2) is 4.79 Å². The fourth-order valence-corrected chi connectivity index (χ4v) is 1.37. The molecule has 4 amide bonds. The van der Waals surface area contributed by atoms with Crippen LogP contribution in [0.15, 0.2) is 0 Å². The molecule has 0 spiro atoms. The van der Waals surface area contributed by atoms with E-state index in [1.54, 1.807) is 0 Å². The Balaban J connectivity index is 4.20. The number of nitrogens with zero attached hydrogens (tertiary/aromatic N) is 1. The lowest BCUT2D eigenvalue weighted by Gasteiger charge is -2.17. The number of nitrogens with two attached hydrogens (primary N) is 1. The molecule has 0 saturated carbocycles. The molecule has 9 nitrogen and oxygen atoms in total. The number of aliphatic carboxylic acids is 1. The first-order valence-corrected chi connectivity index (χ1v) is 6.15. The number of unbranched alkanes of at least 4 members (excludes halogenated alkanes) is 1.